The van der Waals surface area contributed by atoms with Crippen LogP contribution in [0.4, 0.5) is 5.13 Å². The zero-order valence-corrected chi connectivity index (χ0v) is 17.0. The number of thiazole rings is 1. The molecule has 2 aromatic rings. The van der Waals surface area contributed by atoms with Crippen molar-refractivity contribution in [3.8, 4) is 11.5 Å². The van der Waals surface area contributed by atoms with Crippen LogP contribution < -0.4 is 14.9 Å². The second-order valence-corrected chi connectivity index (χ2v) is 7.20. The first-order valence-corrected chi connectivity index (χ1v) is 9.41. The van der Waals surface area contributed by atoms with Gasteiger partial charge in [0.1, 0.15) is 0 Å². The molecule has 0 amide bonds. The lowest BCUT2D eigenvalue weighted by atomic mass is 10.2. The van der Waals surface area contributed by atoms with E-state index in [-0.39, 0.29) is 11.9 Å². The monoisotopic (exact) mass is 395 g/mol. The molecule has 0 aliphatic carbocycles. The van der Waals surface area contributed by atoms with Gasteiger partial charge in [0.15, 0.2) is 17.3 Å². The molecule has 26 heavy (non-hydrogen) atoms. The number of nitrogens with zero attached hydrogens (tertiary/aromatic N) is 2. The number of aryl methyl sites for hydroxylation is 1. The topological polar surface area (TPSA) is 72.8 Å². The molecular formula is C18H22ClN3O3S. The molecule has 0 radical (unpaired) electrons. The van der Waals surface area contributed by atoms with Crippen LogP contribution in [0.3, 0.4) is 0 Å². The number of Topliss-reactive ketones (excluding diaryl/α,β-unsaturated/α-hetero) is 1. The molecular weight excluding hydrogens is 374 g/mol. The molecule has 1 aromatic carbocycles. The van der Waals surface area contributed by atoms with Crippen LogP contribution in [0.2, 0.25) is 5.02 Å². The molecule has 0 saturated heterocycles. The first kappa shape index (κ1) is 20.2. The molecule has 0 spiro atoms. The molecule has 6 nitrogen and oxygen atoms in total. The van der Waals surface area contributed by atoms with Crippen LogP contribution in [0.15, 0.2) is 17.2 Å². The van der Waals surface area contributed by atoms with Gasteiger partial charge in [-0.25, -0.2) is 4.98 Å². The number of nitrogens with one attached hydrogen (secondary N) is 1. The van der Waals surface area contributed by atoms with Gasteiger partial charge in [0.2, 0.25) is 5.13 Å². The van der Waals surface area contributed by atoms with Crippen molar-refractivity contribution < 1.29 is 14.3 Å². The van der Waals surface area contributed by atoms with Crippen LogP contribution in [0.1, 0.15) is 48.6 Å². The largest absolute Gasteiger partial charge is 0.490 e. The van der Waals surface area contributed by atoms with Crippen molar-refractivity contribution in [2.75, 3.05) is 12.0 Å². The minimum absolute atomic E-state index is 0.00842. The van der Waals surface area contributed by atoms with Crippen LogP contribution in [-0.2, 0) is 0 Å². The summed E-state index contributed by atoms with van der Waals surface area (Å²) in [6.07, 6.45) is 1.59. The molecule has 1 N–H and O–H groups in total. The second-order valence-electron chi connectivity index (χ2n) is 5.79. The molecule has 0 aliphatic rings. The molecule has 8 heteroatoms. The highest BCUT2D eigenvalue weighted by Gasteiger charge is 2.14. The first-order valence-electron chi connectivity index (χ1n) is 8.22. The lowest BCUT2D eigenvalue weighted by Gasteiger charge is -2.16. The lowest BCUT2D eigenvalue weighted by molar-refractivity contribution is 0.102. The Balaban J connectivity index is 2.19. The fourth-order valence-electron chi connectivity index (χ4n) is 2.21. The number of carbonyl (C=O) groups excluding carboxylic acids is 1. The third-order valence-corrected chi connectivity index (χ3v) is 4.62. The Morgan fingerprint density at radius 2 is 2.19 bits per heavy atom. The molecule has 0 bridgehead atoms. The van der Waals surface area contributed by atoms with Crippen molar-refractivity contribution >= 4 is 40.1 Å². The zero-order valence-electron chi connectivity index (χ0n) is 15.4. The van der Waals surface area contributed by atoms with Gasteiger partial charge in [-0.05, 0) is 45.4 Å². The molecule has 1 heterocycles. The van der Waals surface area contributed by atoms with Crippen LogP contribution >= 0.6 is 22.9 Å². The molecule has 2 rings (SSSR count). The number of ketones is 1. The summed E-state index contributed by atoms with van der Waals surface area (Å²) in [6.45, 7) is 9.56. The standard InChI is InChI=1S/C18H22ClN3O3S/c1-6-24-15-8-13(7-14(19)16(15)25-10(2)3)9-20-22-18-21-11(4)17(26-18)12(5)23/h7-10H,6H2,1-5H3,(H,21,22)/b20-9-. The van der Waals surface area contributed by atoms with Crippen molar-refractivity contribution in [2.24, 2.45) is 5.10 Å². The van der Waals surface area contributed by atoms with E-state index in [2.05, 4.69) is 15.5 Å². The van der Waals surface area contributed by atoms with E-state index in [1.807, 2.05) is 26.8 Å². The summed E-state index contributed by atoms with van der Waals surface area (Å²) < 4.78 is 11.4. The summed E-state index contributed by atoms with van der Waals surface area (Å²) in [6, 6.07) is 3.56. The van der Waals surface area contributed by atoms with Gasteiger partial charge in [-0.2, -0.15) is 5.10 Å². The van der Waals surface area contributed by atoms with Crippen molar-refractivity contribution in [2.45, 2.75) is 40.7 Å². The number of ether oxygens (including phenoxy) is 2. The van der Waals surface area contributed by atoms with E-state index >= 15 is 0 Å². The number of rotatable bonds is 8. The normalized spacial score (nSPS) is 11.2. The Morgan fingerprint density at radius 3 is 2.77 bits per heavy atom. The van der Waals surface area contributed by atoms with Crippen LogP contribution in [0.25, 0.3) is 0 Å². The summed E-state index contributed by atoms with van der Waals surface area (Å²) >= 11 is 7.60. The van der Waals surface area contributed by atoms with E-state index < -0.39 is 0 Å². The molecule has 1 aromatic heterocycles. The number of halogens is 1. The maximum Gasteiger partial charge on any atom is 0.204 e. The van der Waals surface area contributed by atoms with Crippen LogP contribution in [0.5, 0.6) is 11.5 Å². The fraction of sp³-hybridized carbons (Fsp3) is 0.389. The predicted molar refractivity (Wildman–Crippen MR) is 106 cm³/mol. The van der Waals surface area contributed by atoms with Gasteiger partial charge >= 0.3 is 0 Å². The molecule has 0 unspecified atom stereocenters. The lowest BCUT2D eigenvalue weighted by Crippen LogP contribution is -2.08. The summed E-state index contributed by atoms with van der Waals surface area (Å²) in [5.41, 5.74) is 4.28. The third kappa shape index (κ3) is 5.19. The third-order valence-electron chi connectivity index (χ3n) is 3.18. The highest BCUT2D eigenvalue weighted by molar-refractivity contribution is 7.17. The molecule has 140 valence electrons. The van der Waals surface area contributed by atoms with Crippen molar-refractivity contribution in [1.29, 1.82) is 0 Å². The smallest absolute Gasteiger partial charge is 0.204 e. The van der Waals surface area contributed by atoms with Crippen molar-refractivity contribution in [3.05, 3.63) is 33.3 Å². The van der Waals surface area contributed by atoms with E-state index in [1.165, 1.54) is 18.3 Å². The SMILES string of the molecule is CCOc1cc(/C=N\Nc2nc(C)c(C(C)=O)s2)cc(Cl)c1OC(C)C. The van der Waals surface area contributed by atoms with Gasteiger partial charge in [-0.15, -0.1) is 0 Å². The highest BCUT2D eigenvalue weighted by atomic mass is 35.5. The Hall–Kier alpha value is -2.12. The second kappa shape index (κ2) is 9.00. The maximum absolute atomic E-state index is 11.5. The Labute approximate surface area is 162 Å². The van der Waals surface area contributed by atoms with Gasteiger partial charge in [0.05, 0.1) is 34.5 Å². The first-order chi connectivity index (χ1) is 12.3. The summed E-state index contributed by atoms with van der Waals surface area (Å²) in [7, 11) is 0. The summed E-state index contributed by atoms with van der Waals surface area (Å²) in [5.74, 6) is 1.08. The number of hydrogen-bond acceptors (Lipinski definition) is 7. The quantitative estimate of drug-likeness (QED) is 0.389. The summed E-state index contributed by atoms with van der Waals surface area (Å²) in [5, 5.41) is 5.17. The van der Waals surface area contributed by atoms with E-state index in [1.54, 1.807) is 19.2 Å². The van der Waals surface area contributed by atoms with Gasteiger partial charge in [-0.3, -0.25) is 10.2 Å². The summed E-state index contributed by atoms with van der Waals surface area (Å²) in [4.78, 5) is 16.4. The van der Waals surface area contributed by atoms with Gasteiger partial charge in [-0.1, -0.05) is 22.9 Å². The van der Waals surface area contributed by atoms with E-state index in [4.69, 9.17) is 21.1 Å². The average molecular weight is 396 g/mol. The molecule has 0 fully saturated rings. The van der Waals surface area contributed by atoms with E-state index in [0.717, 1.165) is 5.56 Å². The predicted octanol–water partition coefficient (Wildman–Crippen LogP) is 4.94. The van der Waals surface area contributed by atoms with Crippen molar-refractivity contribution in [3.63, 3.8) is 0 Å². The maximum atomic E-state index is 11.5. The molecule has 0 saturated carbocycles. The average Bonchev–Trinajstić information content (AvgIpc) is 2.92. The van der Waals surface area contributed by atoms with Crippen molar-refractivity contribution in [1.82, 2.24) is 4.98 Å². The zero-order chi connectivity index (χ0) is 19.3. The minimum Gasteiger partial charge on any atom is -0.490 e. The highest BCUT2D eigenvalue weighted by Crippen LogP contribution is 2.37. The van der Waals surface area contributed by atoms with E-state index in [0.29, 0.717) is 38.8 Å². The van der Waals surface area contributed by atoms with Crippen LogP contribution in [0, 0.1) is 6.92 Å². The van der Waals surface area contributed by atoms with Gasteiger partial charge < -0.3 is 9.47 Å². The fourth-order valence-corrected chi connectivity index (χ4v) is 3.28. The number of hydrogen-bond donors (Lipinski definition) is 1. The number of aromatic nitrogens is 1. The molecule has 0 atom stereocenters. The Bertz CT molecular complexity index is 818. The number of carbonyl (C=O) groups is 1. The minimum atomic E-state index is -0.0171. The Morgan fingerprint density at radius 1 is 1.46 bits per heavy atom. The van der Waals surface area contributed by atoms with E-state index in [9.17, 15) is 4.79 Å². The molecule has 0 aliphatic heterocycles. The number of anilines is 1. The van der Waals surface area contributed by atoms with Crippen LogP contribution in [-0.4, -0.2) is 29.7 Å². The number of hydrazone groups is 1. The van der Waals surface area contributed by atoms with Gasteiger partial charge in [0, 0.05) is 6.92 Å². The number of benzene rings is 1. The van der Waals surface area contributed by atoms with Gasteiger partial charge in [0.25, 0.3) is 0 Å². The Kier molecular flexibility index (Phi) is 6.99.